The fraction of sp³-hybridized carbons (Fsp3) is 0.545. The molecule has 0 aliphatic rings. The molecule has 3 nitrogen and oxygen atoms in total. The molecule has 0 radical (unpaired) electrons. The lowest BCUT2D eigenvalue weighted by molar-refractivity contribution is -0.157. The third kappa shape index (κ3) is 2.80. The molecule has 0 aliphatic carbocycles. The normalized spacial score (nSPS) is 12.4. The molecule has 0 amide bonds. The Balaban J connectivity index is 4.74. The molecule has 76 valence electrons. The predicted octanol–water partition coefficient (Wildman–Crippen LogP) is 0.573. The van der Waals surface area contributed by atoms with Crippen molar-refractivity contribution in [2.45, 2.75) is 25.9 Å². The zero-order chi connectivity index (χ0) is 11.2. The molecule has 0 fully saturated rings. The zero-order valence-corrected chi connectivity index (χ0v) is 8.41. The van der Waals surface area contributed by atoms with Gasteiger partial charge in [-0.1, -0.05) is 6.92 Å². The summed E-state index contributed by atoms with van der Waals surface area (Å²) in [4.78, 5) is 11.1. The second-order valence-electron chi connectivity index (χ2n) is 3.34. The third-order valence-corrected chi connectivity index (χ3v) is 2.10. The fourth-order valence-corrected chi connectivity index (χ4v) is 1.12. The molecule has 0 heterocycles. The lowest BCUT2D eigenvalue weighted by atomic mass is 9.78. The molecule has 0 aliphatic heterocycles. The van der Waals surface area contributed by atoms with Crippen LogP contribution < -0.4 is 0 Å². The van der Waals surface area contributed by atoms with Crippen LogP contribution in [0.2, 0.25) is 0 Å². The minimum atomic E-state index is -1.28. The number of rotatable bonds is 4. The number of carbonyl (C=O) groups is 1. The lowest BCUT2D eigenvalue weighted by Gasteiger charge is -2.28. The number of carbonyl (C=O) groups excluding carboxylic acids is 1. The maximum atomic E-state index is 11.1. The first-order chi connectivity index (χ1) is 6.51. The number of hydrogen-bond donors (Lipinski definition) is 1. The van der Waals surface area contributed by atoms with E-state index in [0.717, 1.165) is 0 Å². The summed E-state index contributed by atoms with van der Waals surface area (Å²) >= 11 is 0. The van der Waals surface area contributed by atoms with Gasteiger partial charge in [0, 0.05) is 18.3 Å². The predicted molar refractivity (Wildman–Crippen MR) is 53.0 cm³/mol. The first-order valence-corrected chi connectivity index (χ1v) is 4.14. The number of aliphatic hydroxyl groups excluding tert-OH is 1. The summed E-state index contributed by atoms with van der Waals surface area (Å²) < 4.78 is 4.42. The van der Waals surface area contributed by atoms with Crippen LogP contribution in [0.1, 0.15) is 19.8 Å². The van der Waals surface area contributed by atoms with Gasteiger partial charge in [-0.3, -0.25) is 0 Å². The Morgan fingerprint density at radius 1 is 1.50 bits per heavy atom. The highest BCUT2D eigenvalue weighted by Crippen LogP contribution is 2.30. The van der Waals surface area contributed by atoms with Crippen molar-refractivity contribution in [3.05, 3.63) is 0 Å². The van der Waals surface area contributed by atoms with Gasteiger partial charge in [-0.15, -0.1) is 24.7 Å². The van der Waals surface area contributed by atoms with Gasteiger partial charge in [-0.2, -0.15) is 0 Å². The van der Waals surface area contributed by atoms with Gasteiger partial charge < -0.3 is 9.84 Å². The topological polar surface area (TPSA) is 46.5 Å². The molecule has 0 aromatic rings. The summed E-state index contributed by atoms with van der Waals surface area (Å²) in [7, 11) is 1.21. The average Bonchev–Trinajstić information content (AvgIpc) is 2.16. The maximum Gasteiger partial charge on any atom is 0.335 e. The molecule has 0 aromatic heterocycles. The van der Waals surface area contributed by atoms with Crippen molar-refractivity contribution in [2.24, 2.45) is 5.41 Å². The van der Waals surface area contributed by atoms with E-state index < -0.39 is 17.5 Å². The van der Waals surface area contributed by atoms with Crippen molar-refractivity contribution in [3.63, 3.8) is 0 Å². The van der Waals surface area contributed by atoms with E-state index in [1.54, 1.807) is 6.92 Å². The van der Waals surface area contributed by atoms with E-state index in [0.29, 0.717) is 0 Å². The Morgan fingerprint density at radius 3 is 2.21 bits per heavy atom. The van der Waals surface area contributed by atoms with E-state index in [1.807, 2.05) is 0 Å². The molecule has 0 spiro atoms. The summed E-state index contributed by atoms with van der Waals surface area (Å²) in [6.07, 6.45) is 9.47. The van der Waals surface area contributed by atoms with Gasteiger partial charge in [0.15, 0.2) is 6.10 Å². The summed E-state index contributed by atoms with van der Waals surface area (Å²) in [6.45, 7) is 1.66. The number of methoxy groups -OCH3 is 1. The first-order valence-electron chi connectivity index (χ1n) is 4.14. The average molecular weight is 194 g/mol. The van der Waals surface area contributed by atoms with Gasteiger partial charge in [0.25, 0.3) is 0 Å². The fourth-order valence-electron chi connectivity index (χ4n) is 1.12. The molecule has 0 rings (SSSR count). The van der Waals surface area contributed by atoms with Gasteiger partial charge in [0.1, 0.15) is 0 Å². The lowest BCUT2D eigenvalue weighted by Crippen LogP contribution is -2.39. The van der Waals surface area contributed by atoms with Crippen LogP contribution in [0.25, 0.3) is 0 Å². The number of terminal acetylenes is 2. The first kappa shape index (κ1) is 12.6. The van der Waals surface area contributed by atoms with Crippen LogP contribution in [0.15, 0.2) is 0 Å². The van der Waals surface area contributed by atoms with Gasteiger partial charge >= 0.3 is 5.97 Å². The summed E-state index contributed by atoms with van der Waals surface area (Å²) in [5.41, 5.74) is -0.809. The molecule has 0 bridgehead atoms. The van der Waals surface area contributed by atoms with Gasteiger partial charge in [0.2, 0.25) is 0 Å². The monoisotopic (exact) mass is 194 g/mol. The molecule has 1 N–H and O–H groups in total. The molecular formula is C11H14O3. The van der Waals surface area contributed by atoms with Crippen LogP contribution in [0, 0.1) is 30.1 Å². The molecular weight excluding hydrogens is 180 g/mol. The van der Waals surface area contributed by atoms with E-state index in [2.05, 4.69) is 16.6 Å². The minimum Gasteiger partial charge on any atom is -0.467 e. The zero-order valence-electron chi connectivity index (χ0n) is 8.41. The van der Waals surface area contributed by atoms with Crippen molar-refractivity contribution in [3.8, 4) is 24.7 Å². The van der Waals surface area contributed by atoms with Crippen molar-refractivity contribution >= 4 is 5.97 Å². The third-order valence-electron chi connectivity index (χ3n) is 2.10. The summed E-state index contributed by atoms with van der Waals surface area (Å²) in [6, 6.07) is 0. The Hall–Kier alpha value is -1.45. The smallest absolute Gasteiger partial charge is 0.335 e. The summed E-state index contributed by atoms with van der Waals surface area (Å²) in [5.74, 6) is 4.07. The van der Waals surface area contributed by atoms with E-state index >= 15 is 0 Å². The van der Waals surface area contributed by atoms with Crippen molar-refractivity contribution in [1.82, 2.24) is 0 Å². The quantitative estimate of drug-likeness (QED) is 0.526. The van der Waals surface area contributed by atoms with Gasteiger partial charge in [0.05, 0.1) is 7.11 Å². The number of aliphatic hydroxyl groups is 1. The van der Waals surface area contributed by atoms with Crippen LogP contribution in [0.3, 0.4) is 0 Å². The van der Waals surface area contributed by atoms with Crippen LogP contribution in [-0.2, 0) is 9.53 Å². The molecule has 14 heavy (non-hydrogen) atoms. The Bertz CT molecular complexity index is 264. The summed E-state index contributed by atoms with van der Waals surface area (Å²) in [5, 5.41) is 9.63. The largest absolute Gasteiger partial charge is 0.467 e. The maximum absolute atomic E-state index is 11.1. The Labute approximate surface area is 84.5 Å². The van der Waals surface area contributed by atoms with E-state index in [9.17, 15) is 9.90 Å². The highest BCUT2D eigenvalue weighted by Gasteiger charge is 2.37. The van der Waals surface area contributed by atoms with Gasteiger partial charge in [-0.05, 0) is 0 Å². The highest BCUT2D eigenvalue weighted by molar-refractivity contribution is 5.75. The second-order valence-corrected chi connectivity index (χ2v) is 3.34. The second kappa shape index (κ2) is 5.32. The van der Waals surface area contributed by atoms with Crippen molar-refractivity contribution in [2.75, 3.05) is 7.11 Å². The Kier molecular flexibility index (Phi) is 4.77. The van der Waals surface area contributed by atoms with E-state index in [4.69, 9.17) is 12.8 Å². The van der Waals surface area contributed by atoms with Crippen LogP contribution in [-0.4, -0.2) is 24.3 Å². The molecule has 1 atom stereocenters. The number of hydrogen-bond acceptors (Lipinski definition) is 3. The van der Waals surface area contributed by atoms with Crippen LogP contribution >= 0.6 is 0 Å². The van der Waals surface area contributed by atoms with E-state index in [1.165, 1.54) is 7.11 Å². The van der Waals surface area contributed by atoms with Crippen LogP contribution in [0.4, 0.5) is 0 Å². The molecule has 1 unspecified atom stereocenters. The molecule has 0 aromatic carbocycles. The van der Waals surface area contributed by atoms with Crippen molar-refractivity contribution in [1.29, 1.82) is 0 Å². The van der Waals surface area contributed by atoms with Crippen LogP contribution in [0.5, 0.6) is 0 Å². The highest BCUT2D eigenvalue weighted by atomic mass is 16.5. The molecule has 3 heteroatoms. The van der Waals surface area contributed by atoms with Gasteiger partial charge in [-0.25, -0.2) is 4.79 Å². The van der Waals surface area contributed by atoms with Crippen molar-refractivity contribution < 1.29 is 14.6 Å². The molecule has 0 saturated carbocycles. The molecule has 0 saturated heterocycles. The minimum absolute atomic E-state index is 0.230. The van der Waals surface area contributed by atoms with E-state index in [-0.39, 0.29) is 12.8 Å². The number of ether oxygens (including phenoxy) is 1. The Morgan fingerprint density at radius 2 is 1.93 bits per heavy atom. The number of esters is 1. The SMILES string of the molecule is C#CCC(C)(CC#C)C(O)C(=O)OC. The standard InChI is InChI=1S/C11H14O3/c1-5-7-11(3,8-6-2)9(12)10(13)14-4/h1-2,9,12H,7-8H2,3-4H3.